The molecule has 4 N–H and O–H groups in total. The maximum Gasteiger partial charge on any atom is 0.322 e. The number of benzene rings is 3. The third kappa shape index (κ3) is 4.38. The summed E-state index contributed by atoms with van der Waals surface area (Å²) >= 11 is 0. The SMILES string of the molecule is CC1(c2ccc(CNC(=O)Nc3cccc(C(=O)N4CCc5ccccc54)c3)cc2)NC(=O)NC1=O. The van der Waals surface area contributed by atoms with E-state index in [9.17, 15) is 19.2 Å². The van der Waals surface area contributed by atoms with Crippen molar-refractivity contribution in [3.05, 3.63) is 95.1 Å². The summed E-state index contributed by atoms with van der Waals surface area (Å²) in [6.45, 7) is 2.52. The lowest BCUT2D eigenvalue weighted by Gasteiger charge is -2.21. The number of carbonyl (C=O) groups excluding carboxylic acids is 4. The monoisotopic (exact) mass is 483 g/mol. The molecule has 2 aliphatic heterocycles. The van der Waals surface area contributed by atoms with Crippen LogP contribution in [0.3, 0.4) is 0 Å². The van der Waals surface area contributed by atoms with E-state index in [2.05, 4.69) is 21.3 Å². The van der Waals surface area contributed by atoms with Gasteiger partial charge >= 0.3 is 12.1 Å². The molecule has 1 unspecified atom stereocenters. The largest absolute Gasteiger partial charge is 0.334 e. The molecule has 0 aromatic heterocycles. The van der Waals surface area contributed by atoms with Gasteiger partial charge in [-0.15, -0.1) is 0 Å². The fourth-order valence-corrected chi connectivity index (χ4v) is 4.50. The highest BCUT2D eigenvalue weighted by molar-refractivity contribution is 6.08. The van der Waals surface area contributed by atoms with Crippen molar-refractivity contribution in [1.82, 2.24) is 16.0 Å². The normalized spacial score (nSPS) is 18.3. The van der Waals surface area contributed by atoms with Crippen LogP contribution in [0.1, 0.15) is 34.0 Å². The van der Waals surface area contributed by atoms with E-state index in [0.717, 1.165) is 23.2 Å². The number of hydrogen-bond acceptors (Lipinski definition) is 4. The molecule has 3 aromatic rings. The van der Waals surface area contributed by atoms with Crippen LogP contribution in [-0.2, 0) is 23.3 Å². The Morgan fingerprint density at radius 1 is 1.00 bits per heavy atom. The van der Waals surface area contributed by atoms with Gasteiger partial charge in [0.1, 0.15) is 5.54 Å². The number of nitrogens with one attached hydrogen (secondary N) is 4. The lowest BCUT2D eigenvalue weighted by Crippen LogP contribution is -2.40. The maximum absolute atomic E-state index is 13.1. The van der Waals surface area contributed by atoms with Crippen molar-refractivity contribution in [2.24, 2.45) is 0 Å². The van der Waals surface area contributed by atoms with E-state index < -0.39 is 23.5 Å². The lowest BCUT2D eigenvalue weighted by atomic mass is 9.91. The average molecular weight is 484 g/mol. The fraction of sp³-hybridized carbons (Fsp3) is 0.185. The second kappa shape index (κ2) is 9.18. The lowest BCUT2D eigenvalue weighted by molar-refractivity contribution is -0.123. The number of imide groups is 1. The van der Waals surface area contributed by atoms with Crippen LogP contribution in [0.25, 0.3) is 0 Å². The van der Waals surface area contributed by atoms with Crippen LogP contribution in [0.2, 0.25) is 0 Å². The van der Waals surface area contributed by atoms with E-state index in [1.165, 1.54) is 0 Å². The molecule has 6 amide bonds. The first-order valence-electron chi connectivity index (χ1n) is 11.6. The van der Waals surface area contributed by atoms with E-state index in [-0.39, 0.29) is 12.5 Å². The minimum atomic E-state index is -1.12. The van der Waals surface area contributed by atoms with Gasteiger partial charge in [0, 0.05) is 30.0 Å². The van der Waals surface area contributed by atoms with Crippen molar-refractivity contribution in [2.75, 3.05) is 16.8 Å². The molecule has 9 heteroatoms. The third-order valence-electron chi connectivity index (χ3n) is 6.53. The number of carbonyl (C=O) groups is 4. The third-order valence-corrected chi connectivity index (χ3v) is 6.53. The predicted molar refractivity (Wildman–Crippen MR) is 135 cm³/mol. The van der Waals surface area contributed by atoms with Gasteiger partial charge in [-0.1, -0.05) is 48.5 Å². The van der Waals surface area contributed by atoms with Crippen LogP contribution in [0.4, 0.5) is 21.0 Å². The number of hydrogen-bond donors (Lipinski definition) is 4. The number of anilines is 2. The molecule has 0 aliphatic carbocycles. The van der Waals surface area contributed by atoms with E-state index in [1.807, 2.05) is 24.3 Å². The quantitative estimate of drug-likeness (QED) is 0.417. The summed E-state index contributed by atoms with van der Waals surface area (Å²) in [6, 6.07) is 20.8. The Morgan fingerprint density at radius 2 is 1.78 bits per heavy atom. The molecule has 0 radical (unpaired) electrons. The maximum atomic E-state index is 13.1. The highest BCUT2D eigenvalue weighted by Gasteiger charge is 2.43. The van der Waals surface area contributed by atoms with E-state index >= 15 is 0 Å². The Bertz CT molecular complexity index is 1370. The summed E-state index contributed by atoms with van der Waals surface area (Å²) in [5, 5.41) is 10.4. The highest BCUT2D eigenvalue weighted by atomic mass is 16.2. The van der Waals surface area contributed by atoms with Crippen molar-refractivity contribution in [3.8, 4) is 0 Å². The molecule has 182 valence electrons. The smallest absolute Gasteiger partial charge is 0.322 e. The number of fused-ring (bicyclic) bond motifs is 1. The molecule has 2 heterocycles. The van der Waals surface area contributed by atoms with E-state index in [0.29, 0.717) is 23.4 Å². The van der Waals surface area contributed by atoms with Crippen LogP contribution < -0.4 is 26.2 Å². The Labute approximate surface area is 207 Å². The van der Waals surface area contributed by atoms with Crippen LogP contribution in [0.5, 0.6) is 0 Å². The van der Waals surface area contributed by atoms with E-state index in [1.54, 1.807) is 60.4 Å². The van der Waals surface area contributed by atoms with Gasteiger partial charge in [-0.3, -0.25) is 14.9 Å². The molecule has 1 atom stereocenters. The van der Waals surface area contributed by atoms with Gasteiger partial charge in [-0.25, -0.2) is 9.59 Å². The Kier molecular flexibility index (Phi) is 5.89. The predicted octanol–water partition coefficient (Wildman–Crippen LogP) is 3.27. The Balaban J connectivity index is 1.19. The molecule has 36 heavy (non-hydrogen) atoms. The summed E-state index contributed by atoms with van der Waals surface area (Å²) in [7, 11) is 0. The van der Waals surface area contributed by atoms with E-state index in [4.69, 9.17) is 0 Å². The van der Waals surface area contributed by atoms with Crippen molar-refractivity contribution >= 4 is 35.3 Å². The number of urea groups is 2. The molecule has 0 spiro atoms. The molecule has 1 saturated heterocycles. The molecule has 0 saturated carbocycles. The minimum Gasteiger partial charge on any atom is -0.334 e. The molecule has 5 rings (SSSR count). The molecule has 1 fully saturated rings. The zero-order valence-corrected chi connectivity index (χ0v) is 19.6. The Morgan fingerprint density at radius 3 is 2.53 bits per heavy atom. The summed E-state index contributed by atoms with van der Waals surface area (Å²) in [4.78, 5) is 50.9. The summed E-state index contributed by atoms with van der Waals surface area (Å²) in [5.41, 5.74) is 3.42. The van der Waals surface area contributed by atoms with Crippen molar-refractivity contribution in [3.63, 3.8) is 0 Å². The molecule has 3 aromatic carbocycles. The molecule has 0 bridgehead atoms. The molecule has 2 aliphatic rings. The van der Waals surface area contributed by atoms with Gasteiger partial charge in [0.05, 0.1) is 0 Å². The zero-order valence-electron chi connectivity index (χ0n) is 19.6. The minimum absolute atomic E-state index is 0.107. The second-order valence-corrected chi connectivity index (χ2v) is 8.95. The summed E-state index contributed by atoms with van der Waals surface area (Å²) in [6.07, 6.45) is 0.824. The number of rotatable bonds is 5. The average Bonchev–Trinajstić information content (AvgIpc) is 3.42. The van der Waals surface area contributed by atoms with Crippen LogP contribution in [0, 0.1) is 0 Å². The highest BCUT2D eigenvalue weighted by Crippen LogP contribution is 2.29. The Hall–Kier alpha value is -4.66. The van der Waals surface area contributed by atoms with Gasteiger partial charge in [0.2, 0.25) is 0 Å². The fourth-order valence-electron chi connectivity index (χ4n) is 4.50. The van der Waals surface area contributed by atoms with Gasteiger partial charge in [0.15, 0.2) is 0 Å². The number of amides is 6. The van der Waals surface area contributed by atoms with Gasteiger partial charge in [-0.05, 0) is 54.3 Å². The summed E-state index contributed by atoms with van der Waals surface area (Å²) in [5.74, 6) is -0.516. The number of nitrogens with zero attached hydrogens (tertiary/aromatic N) is 1. The molecular formula is C27H25N5O4. The van der Waals surface area contributed by atoms with Gasteiger partial charge in [-0.2, -0.15) is 0 Å². The first kappa shape index (κ1) is 23.1. The summed E-state index contributed by atoms with van der Waals surface area (Å²) < 4.78 is 0. The van der Waals surface area contributed by atoms with Crippen molar-refractivity contribution in [1.29, 1.82) is 0 Å². The van der Waals surface area contributed by atoms with Crippen molar-refractivity contribution < 1.29 is 19.2 Å². The van der Waals surface area contributed by atoms with Crippen molar-refractivity contribution in [2.45, 2.75) is 25.4 Å². The topological polar surface area (TPSA) is 120 Å². The first-order chi connectivity index (χ1) is 17.3. The van der Waals surface area contributed by atoms with Gasteiger partial charge < -0.3 is 20.9 Å². The zero-order chi connectivity index (χ0) is 25.3. The van der Waals surface area contributed by atoms with Crippen LogP contribution in [-0.4, -0.2) is 30.4 Å². The molecule has 9 nitrogen and oxygen atoms in total. The van der Waals surface area contributed by atoms with Gasteiger partial charge in [0.25, 0.3) is 11.8 Å². The second-order valence-electron chi connectivity index (χ2n) is 8.95. The first-order valence-corrected chi connectivity index (χ1v) is 11.6. The number of para-hydroxylation sites is 1. The van der Waals surface area contributed by atoms with Crippen LogP contribution in [0.15, 0.2) is 72.8 Å². The molecular weight excluding hydrogens is 458 g/mol. The van der Waals surface area contributed by atoms with Crippen LogP contribution >= 0.6 is 0 Å². The standard InChI is InChI=1S/C27H25N5O4/c1-27(24(34)30-26(36)31-27)20-11-9-17(10-12-20)16-28-25(35)29-21-7-4-6-19(15-21)23(33)32-14-13-18-5-2-3-8-22(18)32/h2-12,15H,13-14,16H2,1H3,(H2,28,29,35)(H2,30,31,34,36).